The lowest BCUT2D eigenvalue weighted by Gasteiger charge is -2.32. The molecule has 49 heavy (non-hydrogen) atoms. The van der Waals surface area contributed by atoms with Gasteiger partial charge in [-0.25, -0.2) is 4.57 Å². The minimum Gasteiger partial charge on any atom is -0.462 e. The van der Waals surface area contributed by atoms with Gasteiger partial charge in [0.15, 0.2) is 0 Å². The van der Waals surface area contributed by atoms with E-state index in [2.05, 4.69) is 15.4 Å². The van der Waals surface area contributed by atoms with Crippen LogP contribution in [0.5, 0.6) is 5.75 Å². The third kappa shape index (κ3) is 10.0. The van der Waals surface area contributed by atoms with Gasteiger partial charge in [-0.3, -0.25) is 23.8 Å². The SMILES string of the molecule is [2H]C([2H])([2H])C(c1cc(C(C)(C)C)c(NC(=O)c2c[nH]c3ccccc3c2=O)cc1O[P@@](=O)(N[C@@H](C)C(=O)OC(C)C)OCCN1CCOCC1)(C([2H])([2H])[2H])C([2H])([2H])[2H]. The molecule has 13 heteroatoms. The zero-order valence-corrected chi connectivity index (χ0v) is 29.5. The lowest BCUT2D eigenvalue weighted by molar-refractivity contribution is -0.149. The molecule has 1 fully saturated rings. The zero-order valence-electron chi connectivity index (χ0n) is 37.6. The first kappa shape index (κ1) is 27.2. The second-order valence-electron chi connectivity index (χ2n) is 13.1. The number of rotatable bonds is 12. The topological polar surface area (TPSA) is 148 Å². The van der Waals surface area contributed by atoms with Gasteiger partial charge in [-0.2, -0.15) is 5.09 Å². The molecule has 0 aliphatic carbocycles. The average molecular weight is 708 g/mol. The number of anilines is 1. The number of ether oxygens (including phenoxy) is 2. The Morgan fingerprint density at radius 3 is 2.41 bits per heavy atom. The number of aromatic nitrogens is 1. The highest BCUT2D eigenvalue weighted by molar-refractivity contribution is 7.52. The molecule has 2 aromatic carbocycles. The molecule has 0 unspecified atom stereocenters. The van der Waals surface area contributed by atoms with Gasteiger partial charge in [0, 0.05) is 66.4 Å². The van der Waals surface area contributed by atoms with Crippen molar-refractivity contribution in [3.63, 3.8) is 0 Å². The summed E-state index contributed by atoms with van der Waals surface area (Å²) in [6, 6.07) is 7.02. The Balaban J connectivity index is 2.01. The fourth-order valence-corrected chi connectivity index (χ4v) is 6.65. The molecule has 1 amide bonds. The summed E-state index contributed by atoms with van der Waals surface area (Å²) in [5, 5.41) is 5.30. The largest absolute Gasteiger partial charge is 0.462 e. The summed E-state index contributed by atoms with van der Waals surface area (Å²) in [6.45, 7) is -0.282. The maximum atomic E-state index is 14.9. The van der Waals surface area contributed by atoms with Crippen LogP contribution in [0.1, 0.15) is 95.9 Å². The van der Waals surface area contributed by atoms with Crippen molar-refractivity contribution in [1.29, 1.82) is 0 Å². The normalized spacial score (nSPS) is 19.8. The van der Waals surface area contributed by atoms with E-state index in [9.17, 15) is 18.9 Å². The molecule has 2 heterocycles. The Morgan fingerprint density at radius 1 is 1.06 bits per heavy atom. The number of pyridine rings is 1. The highest BCUT2D eigenvalue weighted by Crippen LogP contribution is 2.50. The van der Waals surface area contributed by atoms with E-state index in [0.29, 0.717) is 31.8 Å². The minimum absolute atomic E-state index is 0.0347. The number of nitrogens with one attached hydrogen (secondary N) is 3. The Labute approximate surface area is 301 Å². The molecule has 0 saturated carbocycles. The van der Waals surface area contributed by atoms with Crippen LogP contribution in [0.15, 0.2) is 47.4 Å². The van der Waals surface area contributed by atoms with E-state index in [1.165, 1.54) is 19.2 Å². The number of aromatic amines is 1. The van der Waals surface area contributed by atoms with E-state index < -0.39 is 79.9 Å². The number of morpholine rings is 1. The Morgan fingerprint density at radius 2 is 1.76 bits per heavy atom. The first-order chi connectivity index (χ1) is 26.6. The predicted molar refractivity (Wildman–Crippen MR) is 192 cm³/mol. The first-order valence-corrected chi connectivity index (χ1v) is 17.5. The van der Waals surface area contributed by atoms with E-state index in [4.69, 9.17) is 30.9 Å². The fourth-order valence-electron chi connectivity index (χ4n) is 5.16. The van der Waals surface area contributed by atoms with Gasteiger partial charge < -0.3 is 24.3 Å². The van der Waals surface area contributed by atoms with Crippen molar-refractivity contribution in [2.24, 2.45) is 0 Å². The fraction of sp³-hybridized carbons (Fsp3) is 0.528. The summed E-state index contributed by atoms with van der Waals surface area (Å²) in [5.41, 5.74) is -6.34. The molecular weight excluding hydrogens is 647 g/mol. The smallest absolute Gasteiger partial charge is 0.459 e. The number of hydrogen-bond donors (Lipinski definition) is 3. The van der Waals surface area contributed by atoms with Crippen LogP contribution in [0.2, 0.25) is 0 Å². The van der Waals surface area contributed by atoms with E-state index in [0.717, 1.165) is 12.1 Å². The Hall–Kier alpha value is -3.54. The molecule has 4 rings (SSSR count). The lowest BCUT2D eigenvalue weighted by Crippen LogP contribution is -2.39. The number of carbonyl (C=O) groups excluding carboxylic acids is 2. The van der Waals surface area contributed by atoms with Crippen molar-refractivity contribution < 1.29 is 45.0 Å². The Kier molecular flexibility index (Phi) is 8.64. The van der Waals surface area contributed by atoms with Crippen molar-refractivity contribution in [3.05, 3.63) is 69.5 Å². The highest BCUT2D eigenvalue weighted by Gasteiger charge is 2.36. The predicted octanol–water partition coefficient (Wildman–Crippen LogP) is 6.14. The number of para-hydroxylation sites is 1. The number of fused-ring (bicyclic) bond motifs is 1. The molecule has 2 atom stereocenters. The molecule has 0 bridgehead atoms. The molecule has 0 radical (unpaired) electrons. The summed E-state index contributed by atoms with van der Waals surface area (Å²) in [5.74, 6) is -2.70. The summed E-state index contributed by atoms with van der Waals surface area (Å²) in [6.07, 6.45) is 0.610. The third-order valence-electron chi connectivity index (χ3n) is 7.66. The van der Waals surface area contributed by atoms with Gasteiger partial charge in [0.1, 0.15) is 17.4 Å². The number of H-pyrrole nitrogens is 1. The van der Waals surface area contributed by atoms with E-state index in [1.54, 1.807) is 52.8 Å². The summed E-state index contributed by atoms with van der Waals surface area (Å²) in [7, 11) is -4.95. The monoisotopic (exact) mass is 707 g/mol. The van der Waals surface area contributed by atoms with Gasteiger partial charge in [0.2, 0.25) is 5.43 Å². The van der Waals surface area contributed by atoms with Crippen LogP contribution in [-0.2, 0) is 34.2 Å². The van der Waals surface area contributed by atoms with Crippen molar-refractivity contribution in [2.75, 3.05) is 44.8 Å². The van der Waals surface area contributed by atoms with Gasteiger partial charge in [0.05, 0.1) is 25.9 Å². The summed E-state index contributed by atoms with van der Waals surface area (Å²) >= 11 is 0. The Bertz CT molecular complexity index is 2040. The van der Waals surface area contributed by atoms with Crippen LogP contribution in [0.25, 0.3) is 10.9 Å². The van der Waals surface area contributed by atoms with E-state index in [-0.39, 0.29) is 35.4 Å². The standard InChI is InChI=1S/C36H51N4O8P/c1-23(2)47-34(43)24(3)39-49(44,46-19-16-40-14-17-45-18-15-40)48-31-21-30(27(35(4,5)6)20-28(31)36(7,8)9)38-33(42)26-22-37-29-13-11-10-12-25(29)32(26)41/h10-13,20-24H,14-19H2,1-9H3,(H,37,41)(H,38,42)(H,39,44)/t24-,49+/m0/s1/i7D3,8D3,9D3. The quantitative estimate of drug-likeness (QED) is 0.148. The van der Waals surface area contributed by atoms with E-state index in [1.807, 2.05) is 4.90 Å². The van der Waals surface area contributed by atoms with Crippen molar-refractivity contribution >= 4 is 36.2 Å². The van der Waals surface area contributed by atoms with Gasteiger partial charge in [-0.05, 0) is 55.4 Å². The van der Waals surface area contributed by atoms with Gasteiger partial charge >= 0.3 is 13.7 Å². The van der Waals surface area contributed by atoms with Gasteiger partial charge in [-0.1, -0.05) is 53.5 Å². The lowest BCUT2D eigenvalue weighted by atomic mass is 9.79. The number of benzene rings is 2. The zero-order chi connectivity index (χ0) is 43.6. The highest BCUT2D eigenvalue weighted by atomic mass is 31.2. The molecule has 1 saturated heterocycles. The number of amides is 1. The van der Waals surface area contributed by atoms with Crippen LogP contribution < -0.4 is 20.4 Å². The number of nitrogens with zero attached hydrogens (tertiary/aromatic N) is 1. The third-order valence-corrected chi connectivity index (χ3v) is 9.32. The van der Waals surface area contributed by atoms with Gasteiger partial charge in [0.25, 0.3) is 5.91 Å². The molecule has 268 valence electrons. The minimum atomic E-state index is -4.95. The van der Waals surface area contributed by atoms with Crippen molar-refractivity contribution in [2.45, 2.75) is 85.1 Å². The van der Waals surface area contributed by atoms with Crippen LogP contribution >= 0.6 is 7.75 Å². The molecular formula is C36H51N4O8P. The molecule has 3 N–H and O–H groups in total. The molecule has 0 spiro atoms. The van der Waals surface area contributed by atoms with Crippen LogP contribution in [-0.4, -0.2) is 73.4 Å². The maximum absolute atomic E-state index is 14.9. The average Bonchev–Trinajstić information content (AvgIpc) is 3.07. The van der Waals surface area contributed by atoms with Crippen LogP contribution in [0.4, 0.5) is 5.69 Å². The maximum Gasteiger partial charge on any atom is 0.459 e. The summed E-state index contributed by atoms with van der Waals surface area (Å²) in [4.78, 5) is 45.1. The summed E-state index contributed by atoms with van der Waals surface area (Å²) < 4.78 is 114. The molecule has 12 nitrogen and oxygen atoms in total. The molecule has 1 aliphatic rings. The van der Waals surface area contributed by atoms with Crippen molar-refractivity contribution in [3.8, 4) is 5.75 Å². The van der Waals surface area contributed by atoms with Crippen molar-refractivity contribution in [1.82, 2.24) is 15.0 Å². The number of esters is 1. The first-order valence-electron chi connectivity index (χ1n) is 20.5. The second kappa shape index (κ2) is 15.6. The second-order valence-corrected chi connectivity index (χ2v) is 14.8. The van der Waals surface area contributed by atoms with E-state index >= 15 is 0 Å². The number of hydrogen-bond acceptors (Lipinski definition) is 9. The van der Waals surface area contributed by atoms with Gasteiger partial charge in [-0.15, -0.1) is 0 Å². The van der Waals surface area contributed by atoms with Crippen LogP contribution in [0, 0.1) is 0 Å². The molecule has 1 aromatic heterocycles. The molecule has 3 aromatic rings. The number of carbonyl (C=O) groups is 2. The molecule has 1 aliphatic heterocycles. The van der Waals surface area contributed by atoms with Crippen LogP contribution in [0.3, 0.4) is 0 Å².